The zero-order valence-electron chi connectivity index (χ0n) is 13.6. The summed E-state index contributed by atoms with van der Waals surface area (Å²) in [4.78, 5) is 25.7. The minimum absolute atomic E-state index is 0.0526. The molecular formula is C18H24N2O3. The van der Waals surface area contributed by atoms with Crippen LogP contribution in [-0.4, -0.2) is 43.5 Å². The second kappa shape index (κ2) is 8.48. The van der Waals surface area contributed by atoms with E-state index < -0.39 is 0 Å². The first-order valence-electron chi connectivity index (χ1n) is 7.95. The van der Waals surface area contributed by atoms with E-state index in [9.17, 15) is 9.59 Å². The normalized spacial score (nSPS) is 15.3. The first kappa shape index (κ1) is 17.2. The van der Waals surface area contributed by atoms with E-state index in [1.54, 1.807) is 31.4 Å². The molecule has 0 aliphatic carbocycles. The predicted octanol–water partition coefficient (Wildman–Crippen LogP) is 2.70. The fourth-order valence-electron chi connectivity index (χ4n) is 2.78. The summed E-state index contributed by atoms with van der Waals surface area (Å²) in [5.74, 6) is 0.439. The van der Waals surface area contributed by atoms with Crippen molar-refractivity contribution in [1.82, 2.24) is 4.90 Å². The summed E-state index contributed by atoms with van der Waals surface area (Å²) < 4.78 is 5.12. The van der Waals surface area contributed by atoms with Gasteiger partial charge in [0.25, 0.3) is 5.91 Å². The Labute approximate surface area is 137 Å². The van der Waals surface area contributed by atoms with Gasteiger partial charge in [-0.15, -0.1) is 0 Å². The first-order chi connectivity index (χ1) is 11.1. The van der Waals surface area contributed by atoms with Crippen molar-refractivity contribution in [1.29, 1.82) is 0 Å². The molecule has 0 unspecified atom stereocenters. The van der Waals surface area contributed by atoms with E-state index in [0.717, 1.165) is 39.0 Å². The Balaban J connectivity index is 1.88. The van der Waals surface area contributed by atoms with Gasteiger partial charge in [0, 0.05) is 38.1 Å². The lowest BCUT2D eigenvalue weighted by atomic mass is 9.93. The van der Waals surface area contributed by atoms with Crippen molar-refractivity contribution in [3.05, 3.63) is 42.5 Å². The van der Waals surface area contributed by atoms with Crippen molar-refractivity contribution < 1.29 is 14.3 Å². The van der Waals surface area contributed by atoms with Gasteiger partial charge >= 0.3 is 0 Å². The number of hydrogen-bond acceptors (Lipinski definition) is 3. The summed E-state index contributed by atoms with van der Waals surface area (Å²) in [6.45, 7) is 5.78. The van der Waals surface area contributed by atoms with Crippen LogP contribution in [0.15, 0.2) is 36.9 Å². The highest BCUT2D eigenvalue weighted by molar-refractivity contribution is 5.99. The van der Waals surface area contributed by atoms with Crippen LogP contribution in [0.1, 0.15) is 29.6 Å². The van der Waals surface area contributed by atoms with Crippen molar-refractivity contribution >= 4 is 17.5 Å². The van der Waals surface area contributed by atoms with Crippen molar-refractivity contribution in [3.8, 4) is 0 Å². The lowest BCUT2D eigenvalue weighted by Crippen LogP contribution is -2.38. The zero-order valence-corrected chi connectivity index (χ0v) is 13.6. The quantitative estimate of drug-likeness (QED) is 0.821. The minimum Gasteiger partial charge on any atom is -0.385 e. The van der Waals surface area contributed by atoms with Gasteiger partial charge in [0.05, 0.1) is 0 Å². The van der Waals surface area contributed by atoms with Crippen molar-refractivity contribution in [2.24, 2.45) is 5.92 Å². The second-order valence-electron chi connectivity index (χ2n) is 5.79. The van der Waals surface area contributed by atoms with Crippen molar-refractivity contribution in [2.45, 2.75) is 19.3 Å². The Morgan fingerprint density at radius 2 is 1.96 bits per heavy atom. The Hall–Kier alpha value is -2.14. The molecule has 1 aliphatic rings. The van der Waals surface area contributed by atoms with E-state index in [2.05, 4.69) is 11.9 Å². The zero-order chi connectivity index (χ0) is 16.7. The Morgan fingerprint density at radius 1 is 1.30 bits per heavy atom. The second-order valence-corrected chi connectivity index (χ2v) is 5.79. The fraction of sp³-hybridized carbons (Fsp3) is 0.444. The maximum absolute atomic E-state index is 12.5. The van der Waals surface area contributed by atoms with Gasteiger partial charge in [0.15, 0.2) is 0 Å². The smallest absolute Gasteiger partial charge is 0.253 e. The van der Waals surface area contributed by atoms with E-state index >= 15 is 0 Å². The van der Waals surface area contributed by atoms with Crippen LogP contribution in [0, 0.1) is 5.92 Å². The highest BCUT2D eigenvalue weighted by Crippen LogP contribution is 2.22. The average Bonchev–Trinajstić information content (AvgIpc) is 2.60. The molecule has 1 heterocycles. The Bertz CT molecular complexity index is 546. The molecular weight excluding hydrogens is 292 g/mol. The van der Waals surface area contributed by atoms with Crippen molar-refractivity contribution in [2.75, 3.05) is 32.1 Å². The first-order valence-corrected chi connectivity index (χ1v) is 7.95. The number of anilines is 1. The molecule has 2 rings (SSSR count). The number of ether oxygens (including phenoxy) is 1. The number of methoxy groups -OCH3 is 1. The van der Waals surface area contributed by atoms with Crippen LogP contribution in [0.4, 0.5) is 5.69 Å². The van der Waals surface area contributed by atoms with E-state index in [4.69, 9.17) is 4.74 Å². The number of hydrogen-bond donors (Lipinski definition) is 1. The van der Waals surface area contributed by atoms with Gasteiger partial charge in [-0.3, -0.25) is 9.59 Å². The third-order valence-electron chi connectivity index (χ3n) is 4.22. The van der Waals surface area contributed by atoms with Gasteiger partial charge in [0.1, 0.15) is 0 Å². The summed E-state index contributed by atoms with van der Waals surface area (Å²) in [7, 11) is 1.72. The molecule has 0 spiro atoms. The number of rotatable bonds is 6. The summed E-state index contributed by atoms with van der Waals surface area (Å²) in [6, 6.07) is 6.97. The molecule has 0 aromatic heterocycles. The highest BCUT2D eigenvalue weighted by atomic mass is 16.5. The molecule has 124 valence electrons. The predicted molar refractivity (Wildman–Crippen MR) is 90.4 cm³/mol. The molecule has 1 fully saturated rings. The minimum atomic E-state index is -0.262. The molecule has 0 bridgehead atoms. The van der Waals surface area contributed by atoms with E-state index in [-0.39, 0.29) is 11.8 Å². The maximum Gasteiger partial charge on any atom is 0.253 e. The third kappa shape index (κ3) is 4.93. The monoisotopic (exact) mass is 316 g/mol. The summed E-state index contributed by atoms with van der Waals surface area (Å²) in [6.07, 6.45) is 4.34. The molecule has 2 amide bonds. The molecule has 1 saturated heterocycles. The van der Waals surface area contributed by atoms with Gasteiger partial charge in [-0.25, -0.2) is 0 Å². The van der Waals surface area contributed by atoms with Crippen LogP contribution in [-0.2, 0) is 9.53 Å². The van der Waals surface area contributed by atoms with Gasteiger partial charge in [-0.2, -0.15) is 0 Å². The Morgan fingerprint density at radius 3 is 2.52 bits per heavy atom. The van der Waals surface area contributed by atoms with E-state index in [1.807, 2.05) is 4.90 Å². The number of nitrogens with one attached hydrogen (secondary N) is 1. The molecule has 0 atom stereocenters. The standard InChI is InChI=1S/C18H24N2O3/c1-3-17(21)19-16-6-4-15(5-7-16)18(22)20-11-8-14(9-12-20)10-13-23-2/h3-7,14H,1,8-13H2,2H3,(H,19,21). The van der Waals surface area contributed by atoms with Gasteiger partial charge in [-0.05, 0) is 55.5 Å². The number of nitrogens with zero attached hydrogens (tertiary/aromatic N) is 1. The largest absolute Gasteiger partial charge is 0.385 e. The molecule has 0 saturated carbocycles. The lowest BCUT2D eigenvalue weighted by molar-refractivity contribution is -0.111. The molecule has 1 aromatic rings. The summed E-state index contributed by atoms with van der Waals surface area (Å²) >= 11 is 0. The number of piperidine rings is 1. The molecule has 1 aliphatic heterocycles. The average molecular weight is 316 g/mol. The number of likely N-dealkylation sites (tertiary alicyclic amines) is 1. The van der Waals surface area contributed by atoms with E-state index in [1.165, 1.54) is 6.08 Å². The molecule has 0 radical (unpaired) electrons. The number of benzene rings is 1. The van der Waals surface area contributed by atoms with Crippen LogP contribution in [0.3, 0.4) is 0 Å². The van der Waals surface area contributed by atoms with Gasteiger partial charge in [0.2, 0.25) is 5.91 Å². The number of carbonyl (C=O) groups is 2. The van der Waals surface area contributed by atoms with E-state index in [0.29, 0.717) is 17.2 Å². The summed E-state index contributed by atoms with van der Waals surface area (Å²) in [5, 5.41) is 2.67. The third-order valence-corrected chi connectivity index (χ3v) is 4.22. The number of carbonyl (C=O) groups excluding carboxylic acids is 2. The van der Waals surface area contributed by atoms with Crippen LogP contribution in [0.5, 0.6) is 0 Å². The Kier molecular flexibility index (Phi) is 6.35. The van der Waals surface area contributed by atoms with Gasteiger partial charge in [-0.1, -0.05) is 6.58 Å². The molecule has 1 N–H and O–H groups in total. The molecule has 23 heavy (non-hydrogen) atoms. The van der Waals surface area contributed by atoms with Gasteiger partial charge < -0.3 is 15.0 Å². The van der Waals surface area contributed by atoms with Crippen LogP contribution in [0.2, 0.25) is 0 Å². The van der Waals surface area contributed by atoms with Crippen LogP contribution < -0.4 is 5.32 Å². The highest BCUT2D eigenvalue weighted by Gasteiger charge is 2.23. The van der Waals surface area contributed by atoms with Crippen molar-refractivity contribution in [3.63, 3.8) is 0 Å². The molecule has 5 nitrogen and oxygen atoms in total. The maximum atomic E-state index is 12.5. The van der Waals surface area contributed by atoms with Crippen LogP contribution >= 0.6 is 0 Å². The molecule has 1 aromatic carbocycles. The number of amides is 2. The topological polar surface area (TPSA) is 58.6 Å². The SMILES string of the molecule is C=CC(=O)Nc1ccc(C(=O)N2CCC(CCOC)CC2)cc1. The summed E-state index contributed by atoms with van der Waals surface area (Å²) in [5.41, 5.74) is 1.31. The fourth-order valence-corrected chi connectivity index (χ4v) is 2.78. The molecule has 5 heteroatoms. The van der Waals surface area contributed by atoms with Crippen LogP contribution in [0.25, 0.3) is 0 Å². The lowest BCUT2D eigenvalue weighted by Gasteiger charge is -2.32.